The standard InChI is InChI=1S/C19H28N2O3/c1-15-8-13-20(17(22)16(15)18(23)24)14-19(9-4-2-5-10-19)21-11-6-3-7-12-21/h8,13H,2-7,9-12,14H2,1H3,(H,23,24). The van der Waals surface area contributed by atoms with Crippen LogP contribution >= 0.6 is 0 Å². The van der Waals surface area contributed by atoms with E-state index in [1.807, 2.05) is 0 Å². The number of aromatic carboxylic acids is 1. The van der Waals surface area contributed by atoms with Gasteiger partial charge in [0, 0.05) is 18.3 Å². The van der Waals surface area contributed by atoms with Crippen molar-refractivity contribution in [3.8, 4) is 0 Å². The lowest BCUT2D eigenvalue weighted by Gasteiger charge is -2.48. The van der Waals surface area contributed by atoms with Gasteiger partial charge in [0.2, 0.25) is 0 Å². The molecular weight excluding hydrogens is 304 g/mol. The first-order valence-corrected chi connectivity index (χ1v) is 9.22. The third kappa shape index (κ3) is 3.27. The van der Waals surface area contributed by atoms with E-state index in [4.69, 9.17) is 0 Å². The van der Waals surface area contributed by atoms with Gasteiger partial charge in [-0.3, -0.25) is 9.69 Å². The van der Waals surface area contributed by atoms with Crippen molar-refractivity contribution in [2.24, 2.45) is 0 Å². The lowest BCUT2D eigenvalue weighted by molar-refractivity contribution is 0.0187. The lowest BCUT2D eigenvalue weighted by atomic mass is 9.79. The molecular formula is C19H28N2O3. The quantitative estimate of drug-likeness (QED) is 0.920. The minimum absolute atomic E-state index is 0.0214. The molecule has 2 heterocycles. The molecule has 0 radical (unpaired) electrons. The number of likely N-dealkylation sites (tertiary alicyclic amines) is 1. The molecule has 1 aromatic heterocycles. The van der Waals surface area contributed by atoms with E-state index in [9.17, 15) is 14.7 Å². The number of carboxylic acid groups (broad SMARTS) is 1. The average molecular weight is 332 g/mol. The summed E-state index contributed by atoms with van der Waals surface area (Å²) < 4.78 is 1.65. The predicted octanol–water partition coefficient (Wildman–Crippen LogP) is 3.04. The highest BCUT2D eigenvalue weighted by molar-refractivity contribution is 5.88. The number of hydrogen-bond acceptors (Lipinski definition) is 3. The van der Waals surface area contributed by atoms with Crippen molar-refractivity contribution in [1.29, 1.82) is 0 Å². The van der Waals surface area contributed by atoms with E-state index in [0.29, 0.717) is 12.1 Å². The monoisotopic (exact) mass is 332 g/mol. The normalized spacial score (nSPS) is 21.5. The Morgan fingerprint density at radius 3 is 2.38 bits per heavy atom. The van der Waals surface area contributed by atoms with Gasteiger partial charge in [-0.1, -0.05) is 25.7 Å². The molecule has 0 unspecified atom stereocenters. The first-order chi connectivity index (χ1) is 11.5. The van der Waals surface area contributed by atoms with Gasteiger partial charge in [0.05, 0.1) is 0 Å². The Labute approximate surface area is 143 Å². The molecule has 0 spiro atoms. The van der Waals surface area contributed by atoms with Gasteiger partial charge in [0.1, 0.15) is 5.56 Å². The van der Waals surface area contributed by atoms with E-state index < -0.39 is 5.97 Å². The van der Waals surface area contributed by atoms with Crippen LogP contribution in [0.15, 0.2) is 17.1 Å². The maximum absolute atomic E-state index is 12.7. The Hall–Kier alpha value is -1.62. The molecule has 5 nitrogen and oxygen atoms in total. The van der Waals surface area contributed by atoms with Crippen LogP contribution in [-0.2, 0) is 6.54 Å². The molecule has 0 aromatic carbocycles. The van der Waals surface area contributed by atoms with Crippen molar-refractivity contribution in [1.82, 2.24) is 9.47 Å². The molecule has 132 valence electrons. The minimum atomic E-state index is -1.12. The number of aromatic nitrogens is 1. The lowest BCUT2D eigenvalue weighted by Crippen LogP contribution is -2.55. The highest BCUT2D eigenvalue weighted by Crippen LogP contribution is 2.36. The van der Waals surface area contributed by atoms with Crippen LogP contribution in [0, 0.1) is 6.92 Å². The summed E-state index contributed by atoms with van der Waals surface area (Å²) in [4.78, 5) is 26.7. The summed E-state index contributed by atoms with van der Waals surface area (Å²) in [6.07, 6.45) is 11.4. The van der Waals surface area contributed by atoms with Gasteiger partial charge in [0.15, 0.2) is 0 Å². The van der Waals surface area contributed by atoms with Gasteiger partial charge >= 0.3 is 5.97 Å². The van der Waals surface area contributed by atoms with Crippen molar-refractivity contribution < 1.29 is 9.90 Å². The predicted molar refractivity (Wildman–Crippen MR) is 93.6 cm³/mol. The fourth-order valence-electron chi connectivity index (χ4n) is 4.52. The van der Waals surface area contributed by atoms with Crippen molar-refractivity contribution in [3.63, 3.8) is 0 Å². The van der Waals surface area contributed by atoms with Gasteiger partial charge in [-0.05, 0) is 57.3 Å². The van der Waals surface area contributed by atoms with E-state index >= 15 is 0 Å². The van der Waals surface area contributed by atoms with Crippen LogP contribution in [0.2, 0.25) is 0 Å². The summed E-state index contributed by atoms with van der Waals surface area (Å²) in [6, 6.07) is 1.76. The highest BCUT2D eigenvalue weighted by atomic mass is 16.4. The SMILES string of the molecule is Cc1ccn(CC2(N3CCCCC3)CCCCC2)c(=O)c1C(=O)O. The molecule has 0 atom stereocenters. The molecule has 3 rings (SSSR count). The van der Waals surface area contributed by atoms with Crippen LogP contribution in [0.4, 0.5) is 0 Å². The van der Waals surface area contributed by atoms with Crippen LogP contribution < -0.4 is 5.56 Å². The number of rotatable bonds is 4. The Kier molecular flexibility index (Phi) is 5.09. The summed E-state index contributed by atoms with van der Waals surface area (Å²) in [7, 11) is 0. The van der Waals surface area contributed by atoms with E-state index in [1.165, 1.54) is 38.5 Å². The zero-order chi connectivity index (χ0) is 17.2. The van der Waals surface area contributed by atoms with E-state index in [1.54, 1.807) is 23.8 Å². The maximum atomic E-state index is 12.7. The molecule has 0 amide bonds. The van der Waals surface area contributed by atoms with Gasteiger partial charge in [-0.25, -0.2) is 4.79 Å². The average Bonchev–Trinajstić information content (AvgIpc) is 2.59. The molecule has 1 aliphatic carbocycles. The van der Waals surface area contributed by atoms with E-state index in [-0.39, 0.29) is 16.7 Å². The van der Waals surface area contributed by atoms with E-state index in [0.717, 1.165) is 25.9 Å². The summed E-state index contributed by atoms with van der Waals surface area (Å²) in [5.41, 5.74) is 0.124. The summed E-state index contributed by atoms with van der Waals surface area (Å²) in [5.74, 6) is -1.12. The van der Waals surface area contributed by atoms with Crippen LogP contribution in [-0.4, -0.2) is 39.2 Å². The number of nitrogens with zero attached hydrogens (tertiary/aromatic N) is 2. The second kappa shape index (κ2) is 7.09. The Balaban J connectivity index is 1.95. The number of aryl methyl sites for hydroxylation is 1. The van der Waals surface area contributed by atoms with Crippen molar-refractivity contribution >= 4 is 5.97 Å². The fraction of sp³-hybridized carbons (Fsp3) is 0.684. The number of pyridine rings is 1. The molecule has 1 aromatic rings. The number of hydrogen-bond donors (Lipinski definition) is 1. The van der Waals surface area contributed by atoms with Crippen LogP contribution in [0.3, 0.4) is 0 Å². The fourth-order valence-corrected chi connectivity index (χ4v) is 4.52. The number of piperidine rings is 1. The van der Waals surface area contributed by atoms with Crippen LogP contribution in [0.5, 0.6) is 0 Å². The van der Waals surface area contributed by atoms with Crippen molar-refractivity contribution in [3.05, 3.63) is 33.7 Å². The maximum Gasteiger partial charge on any atom is 0.341 e. The minimum Gasteiger partial charge on any atom is -0.477 e. The zero-order valence-electron chi connectivity index (χ0n) is 14.6. The third-order valence-electron chi connectivity index (χ3n) is 5.86. The van der Waals surface area contributed by atoms with Gasteiger partial charge in [0.25, 0.3) is 5.56 Å². The second-order valence-electron chi connectivity index (χ2n) is 7.44. The zero-order valence-corrected chi connectivity index (χ0v) is 14.6. The van der Waals surface area contributed by atoms with Crippen LogP contribution in [0.25, 0.3) is 0 Å². The van der Waals surface area contributed by atoms with Crippen molar-refractivity contribution in [2.45, 2.75) is 70.4 Å². The molecule has 2 fully saturated rings. The van der Waals surface area contributed by atoms with E-state index in [2.05, 4.69) is 4.90 Å². The Morgan fingerprint density at radius 1 is 1.12 bits per heavy atom. The molecule has 1 aliphatic heterocycles. The Bertz CT molecular complexity index is 653. The molecule has 1 N–H and O–H groups in total. The summed E-state index contributed by atoms with van der Waals surface area (Å²) in [5, 5.41) is 9.37. The largest absolute Gasteiger partial charge is 0.477 e. The summed E-state index contributed by atoms with van der Waals surface area (Å²) >= 11 is 0. The molecule has 2 aliphatic rings. The van der Waals surface area contributed by atoms with Gasteiger partial charge < -0.3 is 9.67 Å². The summed E-state index contributed by atoms with van der Waals surface area (Å²) in [6.45, 7) is 4.52. The molecule has 5 heteroatoms. The van der Waals surface area contributed by atoms with Crippen molar-refractivity contribution in [2.75, 3.05) is 13.1 Å². The molecule has 0 bridgehead atoms. The topological polar surface area (TPSA) is 62.5 Å². The highest BCUT2D eigenvalue weighted by Gasteiger charge is 2.39. The number of carboxylic acids is 1. The second-order valence-corrected chi connectivity index (χ2v) is 7.44. The van der Waals surface area contributed by atoms with Gasteiger partial charge in [-0.2, -0.15) is 0 Å². The van der Waals surface area contributed by atoms with Gasteiger partial charge in [-0.15, -0.1) is 0 Å². The first kappa shape index (κ1) is 17.2. The van der Waals surface area contributed by atoms with Crippen LogP contribution in [0.1, 0.15) is 67.3 Å². The molecule has 1 saturated heterocycles. The first-order valence-electron chi connectivity index (χ1n) is 9.22. The number of carbonyl (C=O) groups is 1. The third-order valence-corrected chi connectivity index (χ3v) is 5.86. The smallest absolute Gasteiger partial charge is 0.341 e. The molecule has 1 saturated carbocycles. The molecule has 24 heavy (non-hydrogen) atoms. The Morgan fingerprint density at radius 2 is 1.75 bits per heavy atom.